The van der Waals surface area contributed by atoms with Gasteiger partial charge in [-0.2, -0.15) is 0 Å². The van der Waals surface area contributed by atoms with E-state index in [1.165, 1.54) is 69.0 Å². The molecule has 0 fully saturated rings. The summed E-state index contributed by atoms with van der Waals surface area (Å²) in [5.41, 5.74) is 3.29. The minimum absolute atomic E-state index is 0.218. The molecule has 0 saturated heterocycles. The van der Waals surface area contributed by atoms with Crippen LogP contribution in [0.3, 0.4) is 0 Å². The number of phenols is 1. The van der Waals surface area contributed by atoms with E-state index in [0.717, 1.165) is 28.8 Å². The Morgan fingerprint density at radius 2 is 1.45 bits per heavy atom. The van der Waals surface area contributed by atoms with Gasteiger partial charge in [-0.15, -0.1) is 15.0 Å². The van der Waals surface area contributed by atoms with Gasteiger partial charge in [0.1, 0.15) is 28.2 Å². The molecule has 3 rings (SSSR count). The second kappa shape index (κ2) is 12.3. The Kier molecular flexibility index (Phi) is 9.19. The van der Waals surface area contributed by atoms with Crippen LogP contribution in [0, 0.1) is 0 Å². The number of benzene rings is 2. The molecule has 1 N–H and O–H groups in total. The fourth-order valence-electron chi connectivity index (χ4n) is 3.97. The number of hydrogen-bond acceptors (Lipinski definition) is 4. The van der Waals surface area contributed by atoms with Crippen molar-refractivity contribution in [1.82, 2.24) is 15.0 Å². The molecule has 0 amide bonds. The van der Waals surface area contributed by atoms with E-state index in [9.17, 15) is 5.11 Å². The van der Waals surface area contributed by atoms with Crippen molar-refractivity contribution in [3.8, 4) is 17.2 Å². The van der Waals surface area contributed by atoms with Gasteiger partial charge in [0.15, 0.2) is 0 Å². The maximum absolute atomic E-state index is 10.5. The largest absolute Gasteiger partial charge is 0.506 e. The zero-order chi connectivity index (χ0) is 21.9. The van der Waals surface area contributed by atoms with E-state index in [1.54, 1.807) is 0 Å². The van der Waals surface area contributed by atoms with E-state index < -0.39 is 0 Å². The van der Waals surface area contributed by atoms with Crippen molar-refractivity contribution in [1.29, 1.82) is 0 Å². The standard InChI is InChI=1S/C26H37N3O2/c1-3-5-6-7-8-9-10-11-12-13-14-21-15-18-25(26(30)19-21)29-27-23-17-16-22(31-4-2)20-24(23)28-29/h15-20,30H,3-14H2,1-2H3. The molecule has 5 nitrogen and oxygen atoms in total. The van der Waals surface area contributed by atoms with Crippen LogP contribution < -0.4 is 4.74 Å². The molecule has 0 unspecified atom stereocenters. The van der Waals surface area contributed by atoms with Gasteiger partial charge in [-0.25, -0.2) is 0 Å². The van der Waals surface area contributed by atoms with Gasteiger partial charge in [-0.3, -0.25) is 0 Å². The second-order valence-corrected chi connectivity index (χ2v) is 8.33. The number of aryl methyl sites for hydroxylation is 1. The molecular weight excluding hydrogens is 386 g/mol. The molecule has 5 heteroatoms. The van der Waals surface area contributed by atoms with Gasteiger partial charge < -0.3 is 9.84 Å². The lowest BCUT2D eigenvalue weighted by atomic mass is 10.0. The molecule has 0 spiro atoms. The molecule has 168 valence electrons. The van der Waals surface area contributed by atoms with Crippen LogP contribution >= 0.6 is 0 Å². The lowest BCUT2D eigenvalue weighted by Crippen LogP contribution is -1.99. The molecule has 0 bridgehead atoms. The van der Waals surface area contributed by atoms with Crippen molar-refractivity contribution >= 4 is 11.0 Å². The highest BCUT2D eigenvalue weighted by molar-refractivity contribution is 5.75. The molecule has 1 heterocycles. The lowest BCUT2D eigenvalue weighted by molar-refractivity contribution is 0.340. The molecule has 0 saturated carbocycles. The van der Waals surface area contributed by atoms with Gasteiger partial charge in [-0.05, 0) is 49.6 Å². The van der Waals surface area contributed by atoms with E-state index >= 15 is 0 Å². The molecule has 1 aromatic heterocycles. The number of ether oxygens (including phenoxy) is 1. The van der Waals surface area contributed by atoms with Gasteiger partial charge in [0.25, 0.3) is 0 Å². The Labute approximate surface area is 186 Å². The number of phenolic OH excluding ortho intramolecular Hbond substituents is 1. The van der Waals surface area contributed by atoms with Crippen molar-refractivity contribution in [3.05, 3.63) is 42.0 Å². The third-order valence-electron chi connectivity index (χ3n) is 5.74. The summed E-state index contributed by atoms with van der Waals surface area (Å²) in [5, 5.41) is 19.5. The van der Waals surface area contributed by atoms with E-state index in [0.29, 0.717) is 12.3 Å². The summed E-state index contributed by atoms with van der Waals surface area (Å²) in [7, 11) is 0. The fraction of sp³-hybridized carbons (Fsp3) is 0.538. The van der Waals surface area contributed by atoms with Crippen LogP contribution in [0.5, 0.6) is 11.5 Å². The maximum atomic E-state index is 10.5. The molecular formula is C26H37N3O2. The van der Waals surface area contributed by atoms with Gasteiger partial charge in [0, 0.05) is 6.07 Å². The minimum Gasteiger partial charge on any atom is -0.506 e. The molecule has 0 aliphatic rings. The maximum Gasteiger partial charge on any atom is 0.143 e. The average molecular weight is 424 g/mol. The smallest absolute Gasteiger partial charge is 0.143 e. The van der Waals surface area contributed by atoms with Gasteiger partial charge in [0.2, 0.25) is 0 Å². The average Bonchev–Trinajstić information content (AvgIpc) is 3.18. The van der Waals surface area contributed by atoms with Crippen molar-refractivity contribution in [2.75, 3.05) is 6.61 Å². The van der Waals surface area contributed by atoms with Crippen LogP contribution in [-0.4, -0.2) is 26.7 Å². The summed E-state index contributed by atoms with van der Waals surface area (Å²) in [6.45, 7) is 4.83. The molecule has 2 aromatic carbocycles. The summed E-state index contributed by atoms with van der Waals surface area (Å²) in [4.78, 5) is 1.50. The molecule has 3 aromatic rings. The van der Waals surface area contributed by atoms with Crippen LogP contribution in [0.15, 0.2) is 36.4 Å². The van der Waals surface area contributed by atoms with Gasteiger partial charge in [-0.1, -0.05) is 70.8 Å². The summed E-state index contributed by atoms with van der Waals surface area (Å²) in [5.74, 6) is 0.994. The molecule has 0 aliphatic heterocycles. The Bertz CT molecular complexity index is 936. The first-order valence-electron chi connectivity index (χ1n) is 12.0. The summed E-state index contributed by atoms with van der Waals surface area (Å²) in [6, 6.07) is 11.5. The Balaban J connectivity index is 1.46. The number of hydrogen-bond donors (Lipinski definition) is 1. The lowest BCUT2D eigenvalue weighted by Gasteiger charge is -2.07. The topological polar surface area (TPSA) is 60.2 Å². The number of aromatic nitrogens is 3. The molecule has 31 heavy (non-hydrogen) atoms. The highest BCUT2D eigenvalue weighted by atomic mass is 16.5. The number of rotatable bonds is 14. The van der Waals surface area contributed by atoms with Gasteiger partial charge in [0.05, 0.1) is 6.61 Å². The zero-order valence-electron chi connectivity index (χ0n) is 19.1. The van der Waals surface area contributed by atoms with Gasteiger partial charge >= 0.3 is 0 Å². The molecule has 0 radical (unpaired) electrons. The van der Waals surface area contributed by atoms with Crippen LogP contribution in [0.25, 0.3) is 16.7 Å². The summed E-state index contributed by atoms with van der Waals surface area (Å²) >= 11 is 0. The third-order valence-corrected chi connectivity index (χ3v) is 5.74. The highest BCUT2D eigenvalue weighted by Crippen LogP contribution is 2.25. The van der Waals surface area contributed by atoms with E-state index in [2.05, 4.69) is 23.2 Å². The Morgan fingerprint density at radius 1 is 0.774 bits per heavy atom. The monoisotopic (exact) mass is 423 g/mol. The summed E-state index contributed by atoms with van der Waals surface area (Å²) in [6.07, 6.45) is 14.3. The van der Waals surface area contributed by atoms with E-state index in [1.807, 2.05) is 37.3 Å². The normalized spacial score (nSPS) is 11.3. The molecule has 0 aliphatic carbocycles. The first-order valence-corrected chi connectivity index (χ1v) is 12.0. The number of fused-ring (bicyclic) bond motifs is 1. The van der Waals surface area contributed by atoms with E-state index in [4.69, 9.17) is 4.74 Å². The van der Waals surface area contributed by atoms with Crippen molar-refractivity contribution in [2.45, 2.75) is 84.5 Å². The summed E-state index contributed by atoms with van der Waals surface area (Å²) < 4.78 is 5.53. The number of unbranched alkanes of at least 4 members (excludes halogenated alkanes) is 9. The van der Waals surface area contributed by atoms with Crippen LogP contribution in [-0.2, 0) is 6.42 Å². The Hall–Kier alpha value is -2.56. The SMILES string of the molecule is CCCCCCCCCCCCc1ccc(-n2nc3ccc(OCC)cc3n2)c(O)c1. The second-order valence-electron chi connectivity index (χ2n) is 8.33. The number of aromatic hydroxyl groups is 1. The first kappa shape index (κ1) is 23.1. The Morgan fingerprint density at radius 3 is 2.13 bits per heavy atom. The number of nitrogens with zero attached hydrogens (tertiary/aromatic N) is 3. The first-order chi connectivity index (χ1) is 15.2. The zero-order valence-corrected chi connectivity index (χ0v) is 19.1. The predicted octanol–water partition coefficient (Wildman–Crippen LogP) is 6.99. The third kappa shape index (κ3) is 6.98. The highest BCUT2D eigenvalue weighted by Gasteiger charge is 2.10. The van der Waals surface area contributed by atoms with Crippen molar-refractivity contribution in [2.24, 2.45) is 0 Å². The van der Waals surface area contributed by atoms with Crippen LogP contribution in [0.4, 0.5) is 0 Å². The molecule has 0 atom stereocenters. The minimum atomic E-state index is 0.218. The van der Waals surface area contributed by atoms with Crippen molar-refractivity contribution < 1.29 is 9.84 Å². The predicted molar refractivity (Wildman–Crippen MR) is 127 cm³/mol. The van der Waals surface area contributed by atoms with Crippen LogP contribution in [0.1, 0.15) is 83.6 Å². The quantitative estimate of drug-likeness (QED) is 0.284. The van der Waals surface area contributed by atoms with E-state index in [-0.39, 0.29) is 5.75 Å². The van der Waals surface area contributed by atoms with Crippen molar-refractivity contribution in [3.63, 3.8) is 0 Å². The van der Waals surface area contributed by atoms with Crippen LogP contribution in [0.2, 0.25) is 0 Å². The fourth-order valence-corrected chi connectivity index (χ4v) is 3.97.